The molecule has 4 rings (SSSR count). The van der Waals surface area contributed by atoms with Crippen molar-refractivity contribution < 1.29 is 9.53 Å². The summed E-state index contributed by atoms with van der Waals surface area (Å²) in [4.78, 5) is 14.9. The van der Waals surface area contributed by atoms with Crippen molar-refractivity contribution in [3.63, 3.8) is 0 Å². The molecule has 1 aliphatic rings. The molecule has 0 bridgehead atoms. The third-order valence-corrected chi connectivity index (χ3v) is 6.10. The molecule has 3 aromatic rings. The van der Waals surface area contributed by atoms with Gasteiger partial charge in [-0.1, -0.05) is 56.5 Å². The van der Waals surface area contributed by atoms with Gasteiger partial charge in [0.1, 0.15) is 5.75 Å². The van der Waals surface area contributed by atoms with Crippen molar-refractivity contribution in [3.8, 4) is 16.9 Å². The zero-order valence-electron chi connectivity index (χ0n) is 20.3. The van der Waals surface area contributed by atoms with Gasteiger partial charge in [0.05, 0.1) is 12.8 Å². The van der Waals surface area contributed by atoms with Gasteiger partial charge in [0.25, 0.3) is 0 Å². The smallest absolute Gasteiger partial charge is 0.227 e. The van der Waals surface area contributed by atoms with Crippen LogP contribution in [0.2, 0.25) is 0 Å². The first kappa shape index (κ1) is 25.0. The van der Waals surface area contributed by atoms with Gasteiger partial charge < -0.3 is 9.64 Å². The summed E-state index contributed by atoms with van der Waals surface area (Å²) in [6.45, 7) is 12.3. The number of amides is 1. The van der Waals surface area contributed by atoms with Gasteiger partial charge in [0.15, 0.2) is 0 Å². The molecule has 0 spiro atoms. The summed E-state index contributed by atoms with van der Waals surface area (Å²) in [7, 11) is 0. The van der Waals surface area contributed by atoms with Crippen LogP contribution < -0.4 is 9.64 Å². The van der Waals surface area contributed by atoms with Crippen LogP contribution in [-0.2, 0) is 17.6 Å². The van der Waals surface area contributed by atoms with E-state index in [0.29, 0.717) is 19.4 Å². The first-order valence-corrected chi connectivity index (χ1v) is 12.0. The van der Waals surface area contributed by atoms with E-state index in [4.69, 9.17) is 4.74 Å². The highest BCUT2D eigenvalue weighted by Crippen LogP contribution is 2.35. The third-order valence-electron chi connectivity index (χ3n) is 6.10. The number of anilines is 1. The van der Waals surface area contributed by atoms with Crippen molar-refractivity contribution in [3.05, 3.63) is 90.8 Å². The van der Waals surface area contributed by atoms with Crippen LogP contribution in [0.3, 0.4) is 0 Å². The molecule has 0 aliphatic carbocycles. The van der Waals surface area contributed by atoms with Crippen LogP contribution >= 0.6 is 0 Å². The lowest BCUT2D eigenvalue weighted by Gasteiger charge is -2.31. The van der Waals surface area contributed by atoms with Crippen molar-refractivity contribution >= 4 is 11.6 Å². The molecule has 0 saturated carbocycles. The van der Waals surface area contributed by atoms with Gasteiger partial charge in [-0.05, 0) is 67.0 Å². The molecule has 1 aliphatic heterocycles. The number of aryl methyl sites for hydroxylation is 1. The number of carbonyl (C=O) groups is 1. The fraction of sp³-hybridized carbons (Fsp3) is 0.310. The number of aromatic amines is 1. The Balaban J connectivity index is 0.000000751. The Bertz CT molecular complexity index is 1100. The molecule has 2 aromatic carbocycles. The van der Waals surface area contributed by atoms with E-state index < -0.39 is 0 Å². The topological polar surface area (TPSA) is 58.2 Å². The highest BCUT2D eigenvalue weighted by molar-refractivity contribution is 5.96. The van der Waals surface area contributed by atoms with Crippen LogP contribution in [0.4, 0.5) is 5.69 Å². The monoisotopic (exact) mass is 457 g/mol. The van der Waals surface area contributed by atoms with Crippen molar-refractivity contribution in [2.24, 2.45) is 0 Å². The third kappa shape index (κ3) is 6.04. The van der Waals surface area contributed by atoms with E-state index in [0.717, 1.165) is 48.4 Å². The summed E-state index contributed by atoms with van der Waals surface area (Å²) in [5.74, 6) is 1.10. The minimum atomic E-state index is 0.169. The number of hydrogen-bond donors (Lipinski definition) is 1. The minimum Gasteiger partial charge on any atom is -0.493 e. The molecule has 1 N–H and O–H groups in total. The normalized spacial score (nSPS) is 12.2. The molecule has 0 atom stereocenters. The average Bonchev–Trinajstić information content (AvgIpc) is 3.41. The van der Waals surface area contributed by atoms with E-state index >= 15 is 0 Å². The van der Waals surface area contributed by atoms with E-state index in [2.05, 4.69) is 55.4 Å². The average molecular weight is 458 g/mol. The Morgan fingerprint density at radius 3 is 2.71 bits per heavy atom. The van der Waals surface area contributed by atoms with Gasteiger partial charge in [-0.3, -0.25) is 9.89 Å². The zero-order chi connectivity index (χ0) is 24.3. The molecule has 1 amide bonds. The number of nitrogens with zero attached hydrogens (tertiary/aromatic N) is 2. The Hall–Kier alpha value is -3.60. The van der Waals surface area contributed by atoms with Crippen molar-refractivity contribution in [2.45, 2.75) is 46.0 Å². The molecule has 5 nitrogen and oxygen atoms in total. The fourth-order valence-electron chi connectivity index (χ4n) is 4.29. The number of allylic oxidation sites excluding steroid dienone is 2. The van der Waals surface area contributed by atoms with E-state index in [-0.39, 0.29) is 5.91 Å². The second-order valence-electron chi connectivity index (χ2n) is 8.26. The van der Waals surface area contributed by atoms with Crippen LogP contribution in [0.1, 0.15) is 42.9 Å². The number of ether oxygens (including phenoxy) is 1. The van der Waals surface area contributed by atoms with Crippen LogP contribution in [0, 0.1) is 6.92 Å². The molecule has 0 unspecified atom stereocenters. The Morgan fingerprint density at radius 2 is 2.00 bits per heavy atom. The molecule has 0 saturated heterocycles. The second kappa shape index (κ2) is 12.6. The number of rotatable bonds is 8. The SMILES string of the molecule is C=CC=C.CCc1cccc(OCCCC(=O)N2CCCc3c(-c4cn[nH]c4)cccc32)c1C. The lowest BCUT2D eigenvalue weighted by atomic mass is 9.93. The Kier molecular flexibility index (Phi) is 9.27. The van der Waals surface area contributed by atoms with E-state index in [1.54, 1.807) is 12.2 Å². The standard InChI is InChI=1S/C25H29N3O2.C4H6/c1-3-19-8-4-12-24(18(19)2)30-15-7-13-25(29)28-14-6-10-22-21(9-5-11-23(22)28)20-16-26-27-17-20;1-3-4-2/h4-5,8-9,11-12,16-17H,3,6-7,10,13-15H2,1-2H3,(H,26,27);3-4H,1-2H2. The summed E-state index contributed by atoms with van der Waals surface area (Å²) in [5.41, 5.74) is 7.01. The van der Waals surface area contributed by atoms with Gasteiger partial charge >= 0.3 is 0 Å². The molecule has 2 heterocycles. The van der Waals surface area contributed by atoms with Gasteiger partial charge in [0, 0.05) is 30.4 Å². The van der Waals surface area contributed by atoms with Gasteiger partial charge in [-0.25, -0.2) is 0 Å². The Morgan fingerprint density at radius 1 is 1.21 bits per heavy atom. The number of H-pyrrole nitrogens is 1. The number of fused-ring (bicyclic) bond motifs is 1. The molecular weight excluding hydrogens is 422 g/mol. The number of aromatic nitrogens is 2. The predicted molar refractivity (Wildman–Crippen MR) is 140 cm³/mol. The first-order valence-electron chi connectivity index (χ1n) is 12.0. The predicted octanol–water partition coefficient (Wildman–Crippen LogP) is 6.44. The first-order chi connectivity index (χ1) is 16.6. The lowest BCUT2D eigenvalue weighted by Crippen LogP contribution is -2.35. The summed E-state index contributed by atoms with van der Waals surface area (Å²) in [5, 5.41) is 6.96. The highest BCUT2D eigenvalue weighted by Gasteiger charge is 2.24. The number of carbonyl (C=O) groups excluding carboxylic acids is 1. The Labute approximate surface area is 203 Å². The molecule has 178 valence electrons. The van der Waals surface area contributed by atoms with Gasteiger partial charge in [-0.2, -0.15) is 5.10 Å². The van der Waals surface area contributed by atoms with Crippen LogP contribution in [0.25, 0.3) is 11.1 Å². The number of nitrogens with one attached hydrogen (secondary N) is 1. The summed E-state index contributed by atoms with van der Waals surface area (Å²) in [6, 6.07) is 12.4. The second-order valence-corrected chi connectivity index (χ2v) is 8.26. The molecule has 1 aromatic heterocycles. The lowest BCUT2D eigenvalue weighted by molar-refractivity contribution is -0.118. The number of benzene rings is 2. The number of hydrogen-bond acceptors (Lipinski definition) is 3. The van der Waals surface area contributed by atoms with Gasteiger partial charge in [0.2, 0.25) is 5.91 Å². The minimum absolute atomic E-state index is 0.169. The van der Waals surface area contributed by atoms with E-state index in [1.807, 2.05) is 35.5 Å². The summed E-state index contributed by atoms with van der Waals surface area (Å²) >= 11 is 0. The van der Waals surface area contributed by atoms with Crippen molar-refractivity contribution in [1.29, 1.82) is 0 Å². The molecular formula is C29H35N3O2. The van der Waals surface area contributed by atoms with E-state index in [1.165, 1.54) is 16.7 Å². The largest absolute Gasteiger partial charge is 0.493 e. The highest BCUT2D eigenvalue weighted by atomic mass is 16.5. The van der Waals surface area contributed by atoms with Gasteiger partial charge in [-0.15, -0.1) is 0 Å². The fourth-order valence-corrected chi connectivity index (χ4v) is 4.29. The summed E-state index contributed by atoms with van der Waals surface area (Å²) < 4.78 is 5.97. The van der Waals surface area contributed by atoms with E-state index in [9.17, 15) is 4.79 Å². The maximum Gasteiger partial charge on any atom is 0.227 e. The zero-order valence-corrected chi connectivity index (χ0v) is 20.3. The maximum absolute atomic E-state index is 13.0. The molecule has 5 heteroatoms. The maximum atomic E-state index is 13.0. The molecule has 0 radical (unpaired) electrons. The summed E-state index contributed by atoms with van der Waals surface area (Å²) in [6.07, 6.45) is 11.2. The van der Waals surface area contributed by atoms with Crippen LogP contribution in [0.15, 0.2) is 74.1 Å². The molecule has 0 fully saturated rings. The van der Waals surface area contributed by atoms with Crippen LogP contribution in [-0.4, -0.2) is 29.3 Å². The van der Waals surface area contributed by atoms with Crippen molar-refractivity contribution in [1.82, 2.24) is 10.2 Å². The quantitative estimate of drug-likeness (QED) is 0.313. The molecule has 34 heavy (non-hydrogen) atoms. The van der Waals surface area contributed by atoms with Crippen molar-refractivity contribution in [2.75, 3.05) is 18.1 Å². The van der Waals surface area contributed by atoms with Crippen LogP contribution in [0.5, 0.6) is 5.75 Å².